The Morgan fingerprint density at radius 1 is 0.864 bits per heavy atom. The smallest absolute Gasteiger partial charge is 0.416 e. The number of hydrogen-bond acceptors (Lipinski definition) is 8. The van der Waals surface area contributed by atoms with Crippen LogP contribution in [0.5, 0.6) is 0 Å². The van der Waals surface area contributed by atoms with Crippen LogP contribution in [0.4, 0.5) is 22.0 Å². The Labute approximate surface area is 338 Å². The monoisotopic (exact) mass is 841 g/mol. The van der Waals surface area contributed by atoms with Crippen LogP contribution < -0.4 is 5.43 Å². The number of carbonyl (C=O) groups is 3. The van der Waals surface area contributed by atoms with E-state index in [0.29, 0.717) is 34.6 Å². The second kappa shape index (κ2) is 19.4. The molecule has 0 aliphatic carbocycles. The molecule has 1 aliphatic heterocycles. The third-order valence-electron chi connectivity index (χ3n) is 9.79. The number of nitrogens with zero attached hydrogens (tertiary/aromatic N) is 3. The number of aromatic nitrogens is 1. The Bertz CT molecular complexity index is 2320. The maximum atomic E-state index is 14.5. The number of halogens is 5. The number of benzene rings is 4. The Kier molecular flexibility index (Phi) is 14.6. The third-order valence-corrected chi connectivity index (χ3v) is 10.9. The van der Waals surface area contributed by atoms with Gasteiger partial charge in [0, 0.05) is 48.4 Å². The number of aliphatic hydroxyl groups is 2. The lowest BCUT2D eigenvalue weighted by molar-refractivity contribution is -0.165. The number of carboxylic acids is 2. The summed E-state index contributed by atoms with van der Waals surface area (Å²) in [5, 5.41) is 33.4. The van der Waals surface area contributed by atoms with Crippen LogP contribution in [0.1, 0.15) is 30.0 Å². The van der Waals surface area contributed by atoms with Gasteiger partial charge in [0.25, 0.3) is 0 Å². The normalized spacial score (nSPS) is 15.3. The number of alkyl halides is 3. The third kappa shape index (κ3) is 11.1. The highest BCUT2D eigenvalue weighted by Crippen LogP contribution is 2.32. The number of fused-ring (bicyclic) bond motifs is 1. The number of amides is 1. The van der Waals surface area contributed by atoms with Crippen molar-refractivity contribution in [2.24, 2.45) is 0 Å². The SMILES string of the molecule is CCN1CCC(N(Cc2ccc(-c3ccc(C(F)(F)F)cc3)cc2)C(=O)Cn2c(SCc3cccc(F)c3F)cc(=O)c3ccccc32)C1.O=C(O)C(O)C(O)C(=O)O. The van der Waals surface area contributed by atoms with Crippen molar-refractivity contribution in [2.45, 2.75) is 61.6 Å². The van der Waals surface area contributed by atoms with Crippen LogP contribution >= 0.6 is 11.8 Å². The van der Waals surface area contributed by atoms with Crippen LogP contribution in [0, 0.1) is 11.6 Å². The van der Waals surface area contributed by atoms with Crippen LogP contribution in [-0.4, -0.2) is 90.5 Å². The standard InChI is InChI=1S/C38H34F5N3O2S.C4H6O6/c1-2-44-19-18-30(22-44)45(21-25-10-12-26(13-11-25)27-14-16-29(17-15-27)38(41,42)43)35(48)23-46-33-9-4-3-7-31(33)34(47)20-36(46)49-24-28-6-5-8-32(39)37(28)40;5-1(3(7)8)2(6)4(9)10/h3-17,20,30H,2,18-19,21-24H2,1H3;1-2,5-6H,(H,7,8)(H,9,10). The molecule has 1 aromatic heterocycles. The molecule has 11 nitrogen and oxygen atoms in total. The number of hydrogen-bond donors (Lipinski definition) is 4. The Balaban J connectivity index is 0.000000586. The highest BCUT2D eigenvalue weighted by molar-refractivity contribution is 7.98. The van der Waals surface area contributed by atoms with E-state index >= 15 is 0 Å². The van der Waals surface area contributed by atoms with Crippen molar-refractivity contribution in [3.8, 4) is 11.1 Å². The van der Waals surface area contributed by atoms with E-state index in [1.54, 1.807) is 28.8 Å². The van der Waals surface area contributed by atoms with Crippen LogP contribution in [-0.2, 0) is 39.4 Å². The first kappa shape index (κ1) is 44.5. The first-order chi connectivity index (χ1) is 28.0. The molecule has 0 bridgehead atoms. The van der Waals surface area contributed by atoms with Gasteiger partial charge in [0.15, 0.2) is 29.3 Å². The highest BCUT2D eigenvalue weighted by Gasteiger charge is 2.32. The van der Waals surface area contributed by atoms with Gasteiger partial charge in [-0.3, -0.25) is 9.59 Å². The van der Waals surface area contributed by atoms with E-state index in [9.17, 15) is 41.1 Å². The van der Waals surface area contributed by atoms with E-state index in [-0.39, 0.29) is 35.2 Å². The molecule has 1 aliphatic rings. The zero-order valence-corrected chi connectivity index (χ0v) is 32.3. The molecule has 0 radical (unpaired) electrons. The lowest BCUT2D eigenvalue weighted by atomic mass is 10.0. The molecule has 17 heteroatoms. The number of carbonyl (C=O) groups excluding carboxylic acids is 1. The summed E-state index contributed by atoms with van der Waals surface area (Å²) in [5.41, 5.74) is 2.03. The molecule has 4 N–H and O–H groups in total. The lowest BCUT2D eigenvalue weighted by Gasteiger charge is -2.30. The summed E-state index contributed by atoms with van der Waals surface area (Å²) in [6, 6.07) is 24.8. The molecule has 6 rings (SSSR count). The fourth-order valence-electron chi connectivity index (χ4n) is 6.52. The first-order valence-corrected chi connectivity index (χ1v) is 19.2. The van der Waals surface area contributed by atoms with Crippen molar-refractivity contribution in [3.05, 3.63) is 136 Å². The zero-order chi connectivity index (χ0) is 43.0. The quantitative estimate of drug-likeness (QED) is 0.0788. The van der Waals surface area contributed by atoms with Crippen LogP contribution in [0.3, 0.4) is 0 Å². The second-order valence-electron chi connectivity index (χ2n) is 13.6. The summed E-state index contributed by atoms with van der Waals surface area (Å²) in [4.78, 5) is 51.1. The Hall–Kier alpha value is -5.62. The number of para-hydroxylation sites is 1. The van der Waals surface area contributed by atoms with E-state index in [2.05, 4.69) is 11.8 Å². The molecule has 1 amide bonds. The maximum absolute atomic E-state index is 14.5. The van der Waals surface area contributed by atoms with Crippen molar-refractivity contribution in [1.29, 1.82) is 0 Å². The molecule has 0 spiro atoms. The van der Waals surface area contributed by atoms with Gasteiger partial charge in [0.1, 0.15) is 6.54 Å². The summed E-state index contributed by atoms with van der Waals surface area (Å²) in [5.74, 6) is -5.55. The maximum Gasteiger partial charge on any atom is 0.416 e. The summed E-state index contributed by atoms with van der Waals surface area (Å²) in [7, 11) is 0. The number of pyridine rings is 1. The van der Waals surface area contributed by atoms with Crippen molar-refractivity contribution < 1.29 is 56.8 Å². The minimum absolute atomic E-state index is 0.0542. The van der Waals surface area contributed by atoms with E-state index in [4.69, 9.17) is 20.4 Å². The number of thioether (sulfide) groups is 1. The average molecular weight is 842 g/mol. The van der Waals surface area contributed by atoms with E-state index in [1.807, 2.05) is 29.2 Å². The molecular formula is C42H40F5N3O8S. The molecular weight excluding hydrogens is 802 g/mol. The van der Waals surface area contributed by atoms with Gasteiger partial charge in [-0.2, -0.15) is 13.2 Å². The van der Waals surface area contributed by atoms with Gasteiger partial charge in [-0.1, -0.05) is 67.6 Å². The zero-order valence-electron chi connectivity index (χ0n) is 31.5. The molecule has 1 saturated heterocycles. The van der Waals surface area contributed by atoms with Gasteiger partial charge in [-0.25, -0.2) is 18.4 Å². The Morgan fingerprint density at radius 2 is 1.47 bits per heavy atom. The predicted molar refractivity (Wildman–Crippen MR) is 209 cm³/mol. The molecule has 3 atom stereocenters. The van der Waals surface area contributed by atoms with Crippen molar-refractivity contribution >= 4 is 40.5 Å². The molecule has 5 aromatic rings. The second-order valence-corrected chi connectivity index (χ2v) is 14.6. The van der Waals surface area contributed by atoms with E-state index < -0.39 is 47.5 Å². The van der Waals surface area contributed by atoms with E-state index in [1.165, 1.54) is 30.3 Å². The molecule has 0 saturated carbocycles. The highest BCUT2D eigenvalue weighted by atomic mass is 32.2. The van der Waals surface area contributed by atoms with Gasteiger partial charge in [-0.15, -0.1) is 11.8 Å². The van der Waals surface area contributed by atoms with Gasteiger partial charge >= 0.3 is 18.1 Å². The number of carboxylic acid groups (broad SMARTS) is 2. The fraction of sp³-hybridized carbons (Fsp3) is 0.286. The minimum atomic E-state index is -4.41. The minimum Gasteiger partial charge on any atom is -0.479 e. The molecule has 1 fully saturated rings. The van der Waals surface area contributed by atoms with Crippen LogP contribution in [0.2, 0.25) is 0 Å². The van der Waals surface area contributed by atoms with Gasteiger partial charge in [0.2, 0.25) is 5.91 Å². The van der Waals surface area contributed by atoms with Crippen LogP contribution in [0.15, 0.2) is 107 Å². The van der Waals surface area contributed by atoms with Gasteiger partial charge in [-0.05, 0) is 60.0 Å². The summed E-state index contributed by atoms with van der Waals surface area (Å²) in [6.45, 7) is 4.70. The number of rotatable bonds is 13. The fourth-order valence-corrected chi connectivity index (χ4v) is 7.56. The largest absolute Gasteiger partial charge is 0.479 e. The molecule has 312 valence electrons. The number of aliphatic carboxylic acids is 2. The topological polar surface area (TPSA) is 161 Å². The number of aliphatic hydroxyl groups excluding tert-OH is 2. The van der Waals surface area contributed by atoms with Crippen molar-refractivity contribution in [2.75, 3.05) is 19.6 Å². The predicted octanol–water partition coefficient (Wildman–Crippen LogP) is 6.26. The Morgan fingerprint density at radius 3 is 2.05 bits per heavy atom. The molecule has 3 unspecified atom stereocenters. The molecule has 59 heavy (non-hydrogen) atoms. The van der Waals surface area contributed by atoms with E-state index in [0.717, 1.165) is 60.6 Å². The van der Waals surface area contributed by atoms with Crippen molar-refractivity contribution in [1.82, 2.24) is 14.4 Å². The van der Waals surface area contributed by atoms with Gasteiger partial charge < -0.3 is 34.8 Å². The molecule has 2 heterocycles. The average Bonchev–Trinajstić information content (AvgIpc) is 3.70. The molecule has 4 aromatic carbocycles. The number of likely N-dealkylation sites (N-methyl/N-ethyl adjacent to an activating group) is 1. The summed E-state index contributed by atoms with van der Waals surface area (Å²) in [6.07, 6.45) is -8.16. The number of likely N-dealkylation sites (tertiary alicyclic amines) is 1. The first-order valence-electron chi connectivity index (χ1n) is 18.3. The summed E-state index contributed by atoms with van der Waals surface area (Å²) < 4.78 is 69.4. The van der Waals surface area contributed by atoms with Gasteiger partial charge in [0.05, 0.1) is 16.1 Å². The van der Waals surface area contributed by atoms with Crippen molar-refractivity contribution in [3.63, 3.8) is 0 Å². The lowest BCUT2D eigenvalue weighted by Crippen LogP contribution is -2.43. The summed E-state index contributed by atoms with van der Waals surface area (Å²) >= 11 is 1.16. The van der Waals surface area contributed by atoms with Crippen LogP contribution in [0.25, 0.3) is 22.0 Å².